The number of carboxylic acids is 1. The van der Waals surface area contributed by atoms with Gasteiger partial charge in [-0.05, 0) is 18.6 Å². The molecule has 1 aliphatic carbocycles. The van der Waals surface area contributed by atoms with Gasteiger partial charge in [-0.1, -0.05) is 0 Å². The molecule has 7 nitrogen and oxygen atoms in total. The number of benzene rings is 1. The quantitative estimate of drug-likeness (QED) is 0.823. The summed E-state index contributed by atoms with van der Waals surface area (Å²) in [5.41, 5.74) is 5.76. The first-order valence-electron chi connectivity index (χ1n) is 9.11. The van der Waals surface area contributed by atoms with Gasteiger partial charge in [0.25, 0.3) is 0 Å². The average molecular weight is 393 g/mol. The number of halogens is 2. The second-order valence-corrected chi connectivity index (χ2v) is 7.33. The summed E-state index contributed by atoms with van der Waals surface area (Å²) in [6.45, 7) is 0.693. The van der Waals surface area contributed by atoms with E-state index in [4.69, 9.17) is 10.5 Å². The molecule has 28 heavy (non-hydrogen) atoms. The maximum Gasteiger partial charge on any atom is 0.341 e. The highest BCUT2D eigenvalue weighted by Gasteiger charge is 2.41. The van der Waals surface area contributed by atoms with E-state index in [1.807, 2.05) is 4.90 Å². The average Bonchev–Trinajstić information content (AvgIpc) is 3.39. The summed E-state index contributed by atoms with van der Waals surface area (Å²) in [6.07, 6.45) is -0.511. The molecule has 3 N–H and O–H groups in total. The van der Waals surface area contributed by atoms with Crippen molar-refractivity contribution in [1.29, 1.82) is 0 Å². The third kappa shape index (κ3) is 2.90. The van der Waals surface area contributed by atoms with Crippen LogP contribution in [0.1, 0.15) is 29.2 Å². The number of piperidine rings is 1. The van der Waals surface area contributed by atoms with Crippen molar-refractivity contribution in [3.63, 3.8) is 0 Å². The third-order valence-electron chi connectivity index (χ3n) is 5.51. The molecular weight excluding hydrogens is 372 g/mol. The minimum Gasteiger partial charge on any atom is -0.492 e. The lowest BCUT2D eigenvalue weighted by Crippen LogP contribution is -2.49. The fraction of sp³-hybridized carbons (Fsp3) is 0.474. The SMILES string of the molecule is COc1c(N2CC[C@@H](F)[C@H](N)C2)ccc2c(=O)c(C(=O)O)cn([C@@H]3C[C@@H]3F)c12. The van der Waals surface area contributed by atoms with Gasteiger partial charge in [-0.2, -0.15) is 0 Å². The number of hydrogen-bond donors (Lipinski definition) is 2. The van der Waals surface area contributed by atoms with E-state index >= 15 is 0 Å². The maximum atomic E-state index is 13.9. The summed E-state index contributed by atoms with van der Waals surface area (Å²) in [6, 6.07) is 1.96. The van der Waals surface area contributed by atoms with Gasteiger partial charge in [0.2, 0.25) is 5.43 Å². The maximum absolute atomic E-state index is 13.9. The summed E-state index contributed by atoms with van der Waals surface area (Å²) < 4.78 is 34.7. The standard InChI is InChI=1S/C19H21F2N3O4/c1-28-18-14(23-5-4-11(20)13(22)8-23)3-2-9-16(18)24(15-6-12(15)21)7-10(17(9)25)19(26)27/h2-3,7,11-13,15H,4-6,8,22H2,1H3,(H,26,27)/t11-,12+,13-,15-/m1/s1. The van der Waals surface area contributed by atoms with Gasteiger partial charge in [0.1, 0.15) is 17.9 Å². The molecule has 2 aliphatic rings. The van der Waals surface area contributed by atoms with Crippen LogP contribution in [-0.4, -0.2) is 54.2 Å². The van der Waals surface area contributed by atoms with Crippen molar-refractivity contribution < 1.29 is 23.4 Å². The molecule has 1 saturated heterocycles. The van der Waals surface area contributed by atoms with Crippen molar-refractivity contribution in [1.82, 2.24) is 4.57 Å². The molecule has 2 fully saturated rings. The van der Waals surface area contributed by atoms with Gasteiger partial charge >= 0.3 is 5.97 Å². The molecular formula is C19H21F2N3O4. The van der Waals surface area contributed by atoms with Crippen molar-refractivity contribution in [2.75, 3.05) is 25.1 Å². The molecule has 0 unspecified atom stereocenters. The molecule has 150 valence electrons. The van der Waals surface area contributed by atoms with Crippen LogP contribution in [0.15, 0.2) is 23.1 Å². The first-order chi connectivity index (χ1) is 13.3. The third-order valence-corrected chi connectivity index (χ3v) is 5.51. The summed E-state index contributed by atoms with van der Waals surface area (Å²) in [5, 5.41) is 9.50. The van der Waals surface area contributed by atoms with Crippen LogP contribution in [0.25, 0.3) is 10.9 Å². The van der Waals surface area contributed by atoms with Gasteiger partial charge in [-0.3, -0.25) is 4.79 Å². The van der Waals surface area contributed by atoms with E-state index in [0.29, 0.717) is 23.5 Å². The number of fused-ring (bicyclic) bond motifs is 1. The minimum atomic E-state index is -1.37. The summed E-state index contributed by atoms with van der Waals surface area (Å²) >= 11 is 0. The molecule has 0 amide bonds. The molecule has 0 radical (unpaired) electrons. The lowest BCUT2D eigenvalue weighted by molar-refractivity contribution is 0.0694. The number of anilines is 1. The second-order valence-electron chi connectivity index (χ2n) is 7.33. The van der Waals surface area contributed by atoms with Gasteiger partial charge in [0, 0.05) is 25.7 Å². The number of methoxy groups -OCH3 is 1. The Labute approximate surface area is 159 Å². The zero-order valence-corrected chi connectivity index (χ0v) is 15.3. The highest BCUT2D eigenvalue weighted by Crippen LogP contribution is 2.44. The Bertz CT molecular complexity index is 1010. The lowest BCUT2D eigenvalue weighted by atomic mass is 10.0. The van der Waals surface area contributed by atoms with Gasteiger partial charge in [0.15, 0.2) is 5.75 Å². The van der Waals surface area contributed by atoms with Crippen LogP contribution >= 0.6 is 0 Å². The summed E-state index contributed by atoms with van der Waals surface area (Å²) in [5.74, 6) is -1.04. The zero-order chi connectivity index (χ0) is 20.2. The molecule has 4 rings (SSSR count). The molecule has 4 atom stereocenters. The van der Waals surface area contributed by atoms with Gasteiger partial charge < -0.3 is 25.0 Å². The Morgan fingerprint density at radius 3 is 2.61 bits per heavy atom. The Morgan fingerprint density at radius 2 is 2.04 bits per heavy atom. The normalized spacial score (nSPS) is 27.1. The van der Waals surface area contributed by atoms with E-state index in [2.05, 4.69) is 0 Å². The number of rotatable bonds is 4. The van der Waals surface area contributed by atoms with Crippen molar-refractivity contribution in [3.8, 4) is 5.75 Å². The summed E-state index contributed by atoms with van der Waals surface area (Å²) in [4.78, 5) is 26.0. The number of carboxylic acid groups (broad SMARTS) is 1. The number of hydrogen-bond acceptors (Lipinski definition) is 5. The predicted octanol–water partition coefficient (Wildman–Crippen LogP) is 1.87. The molecule has 0 spiro atoms. The van der Waals surface area contributed by atoms with E-state index in [1.54, 1.807) is 6.07 Å². The van der Waals surface area contributed by atoms with Crippen LogP contribution in [0, 0.1) is 0 Å². The molecule has 2 aromatic rings. The molecule has 1 aromatic carbocycles. The molecule has 0 bridgehead atoms. The van der Waals surface area contributed by atoms with E-state index in [9.17, 15) is 23.5 Å². The molecule has 1 saturated carbocycles. The van der Waals surface area contributed by atoms with Crippen LogP contribution in [0.5, 0.6) is 5.75 Å². The largest absolute Gasteiger partial charge is 0.492 e. The number of alkyl halides is 2. The number of ether oxygens (including phenoxy) is 1. The first kappa shape index (κ1) is 18.7. The zero-order valence-electron chi connectivity index (χ0n) is 15.3. The Morgan fingerprint density at radius 1 is 1.32 bits per heavy atom. The number of aromatic nitrogens is 1. The highest BCUT2D eigenvalue weighted by molar-refractivity contribution is 5.97. The van der Waals surface area contributed by atoms with Crippen molar-refractivity contribution in [3.05, 3.63) is 34.1 Å². The van der Waals surface area contributed by atoms with Crippen LogP contribution in [0.4, 0.5) is 14.5 Å². The van der Waals surface area contributed by atoms with Crippen LogP contribution in [0.3, 0.4) is 0 Å². The van der Waals surface area contributed by atoms with E-state index < -0.39 is 41.4 Å². The first-order valence-corrected chi connectivity index (χ1v) is 9.11. The number of nitrogens with two attached hydrogens (primary N) is 1. The monoisotopic (exact) mass is 393 g/mol. The van der Waals surface area contributed by atoms with Crippen LogP contribution in [0.2, 0.25) is 0 Å². The topological polar surface area (TPSA) is 97.8 Å². The highest BCUT2D eigenvalue weighted by atomic mass is 19.1. The van der Waals surface area contributed by atoms with Crippen molar-refractivity contribution in [2.45, 2.75) is 37.3 Å². The number of aromatic carboxylic acids is 1. The molecule has 2 heterocycles. The van der Waals surface area contributed by atoms with Gasteiger partial charge in [-0.25, -0.2) is 13.6 Å². The number of pyridine rings is 1. The molecule has 1 aliphatic heterocycles. The van der Waals surface area contributed by atoms with Gasteiger partial charge in [-0.15, -0.1) is 0 Å². The Balaban J connectivity index is 1.94. The van der Waals surface area contributed by atoms with Gasteiger partial charge in [0.05, 0.1) is 35.8 Å². The van der Waals surface area contributed by atoms with E-state index in [1.165, 1.54) is 23.9 Å². The number of carbonyl (C=O) groups is 1. The van der Waals surface area contributed by atoms with E-state index in [0.717, 1.165) is 0 Å². The fourth-order valence-electron chi connectivity index (χ4n) is 3.88. The summed E-state index contributed by atoms with van der Waals surface area (Å²) in [7, 11) is 1.43. The molecule has 9 heteroatoms. The predicted molar refractivity (Wildman–Crippen MR) is 100.0 cm³/mol. The minimum absolute atomic E-state index is 0.143. The molecule has 1 aromatic heterocycles. The van der Waals surface area contributed by atoms with Crippen LogP contribution in [-0.2, 0) is 0 Å². The van der Waals surface area contributed by atoms with Crippen molar-refractivity contribution >= 4 is 22.6 Å². The van der Waals surface area contributed by atoms with Crippen LogP contribution < -0.4 is 20.8 Å². The van der Waals surface area contributed by atoms with E-state index in [-0.39, 0.29) is 24.8 Å². The number of nitrogens with zero attached hydrogens (tertiary/aromatic N) is 2. The van der Waals surface area contributed by atoms with Crippen molar-refractivity contribution in [2.24, 2.45) is 5.73 Å². The lowest BCUT2D eigenvalue weighted by Gasteiger charge is -2.35. The Kier molecular flexibility index (Phi) is 4.49. The smallest absolute Gasteiger partial charge is 0.341 e. The second kappa shape index (κ2) is 6.73. The Hall–Kier alpha value is -2.68. The fourth-order valence-corrected chi connectivity index (χ4v) is 3.88.